The molecule has 4 aromatic heterocycles. The lowest BCUT2D eigenvalue weighted by molar-refractivity contribution is -0.138. The van der Waals surface area contributed by atoms with E-state index in [1.807, 2.05) is 19.1 Å². The monoisotopic (exact) mass is 412 g/mol. The van der Waals surface area contributed by atoms with E-state index in [-0.39, 0.29) is 5.95 Å². The number of hydrogen-bond acceptors (Lipinski definition) is 7. The Labute approximate surface area is 169 Å². The van der Waals surface area contributed by atoms with Crippen molar-refractivity contribution >= 4 is 22.7 Å². The molecule has 7 nitrogen and oxygen atoms in total. The molecule has 0 unspecified atom stereocenters. The number of alkyl halides is 3. The van der Waals surface area contributed by atoms with Crippen molar-refractivity contribution in [2.75, 3.05) is 12.4 Å². The second kappa shape index (κ2) is 7.54. The highest BCUT2D eigenvalue weighted by Crippen LogP contribution is 2.30. The van der Waals surface area contributed by atoms with Crippen LogP contribution in [0.5, 0.6) is 5.75 Å². The Bertz CT molecular complexity index is 1210. The van der Waals surface area contributed by atoms with Gasteiger partial charge in [0, 0.05) is 24.0 Å². The molecule has 0 saturated heterocycles. The number of aromatic nitrogens is 5. The number of nitrogens with zero attached hydrogens (tertiary/aromatic N) is 5. The summed E-state index contributed by atoms with van der Waals surface area (Å²) in [6.07, 6.45) is 0.123. The van der Waals surface area contributed by atoms with Gasteiger partial charge in [-0.2, -0.15) is 13.2 Å². The minimum absolute atomic E-state index is 0.0345. The topological polar surface area (TPSA) is 85.7 Å². The molecule has 152 valence electrons. The van der Waals surface area contributed by atoms with Gasteiger partial charge in [0.05, 0.1) is 35.9 Å². The van der Waals surface area contributed by atoms with Crippen molar-refractivity contribution in [2.45, 2.75) is 13.1 Å². The van der Waals surface area contributed by atoms with E-state index in [1.165, 1.54) is 0 Å². The SMILES string of the molecule is COc1cnc(-c2ccc3c(Nc4ncc(C(F)(F)F)cn4)ccnc3n2)c(C)c1. The average molecular weight is 412 g/mol. The summed E-state index contributed by atoms with van der Waals surface area (Å²) in [7, 11) is 1.57. The van der Waals surface area contributed by atoms with Gasteiger partial charge in [-0.15, -0.1) is 0 Å². The summed E-state index contributed by atoms with van der Waals surface area (Å²) in [5, 5.41) is 3.57. The van der Waals surface area contributed by atoms with Crippen LogP contribution in [0.1, 0.15) is 11.1 Å². The Balaban J connectivity index is 1.66. The Hall–Kier alpha value is -3.82. The lowest BCUT2D eigenvalue weighted by atomic mass is 10.1. The number of rotatable bonds is 4. The predicted octanol–water partition coefficient (Wildman–Crippen LogP) is 4.56. The molecule has 0 saturated carbocycles. The van der Waals surface area contributed by atoms with Crippen LogP contribution in [0, 0.1) is 6.92 Å². The van der Waals surface area contributed by atoms with E-state index >= 15 is 0 Å². The molecule has 0 aromatic carbocycles. The Morgan fingerprint density at radius 1 is 0.967 bits per heavy atom. The number of anilines is 2. The van der Waals surface area contributed by atoms with Crippen LogP contribution in [0.15, 0.2) is 49.1 Å². The molecule has 0 atom stereocenters. The molecule has 0 aliphatic carbocycles. The summed E-state index contributed by atoms with van der Waals surface area (Å²) in [6, 6.07) is 7.14. The van der Waals surface area contributed by atoms with Crippen LogP contribution >= 0.6 is 0 Å². The maximum absolute atomic E-state index is 12.7. The number of pyridine rings is 3. The van der Waals surface area contributed by atoms with Crippen LogP contribution in [0.25, 0.3) is 22.4 Å². The molecule has 0 bridgehead atoms. The fraction of sp³-hybridized carbons (Fsp3) is 0.150. The van der Waals surface area contributed by atoms with Crippen molar-refractivity contribution < 1.29 is 17.9 Å². The number of nitrogens with one attached hydrogen (secondary N) is 1. The van der Waals surface area contributed by atoms with Crippen molar-refractivity contribution in [1.29, 1.82) is 0 Å². The molecule has 0 radical (unpaired) electrons. The molecule has 0 fully saturated rings. The highest BCUT2D eigenvalue weighted by molar-refractivity contribution is 5.91. The number of ether oxygens (including phenoxy) is 1. The number of halogens is 3. The van der Waals surface area contributed by atoms with E-state index in [9.17, 15) is 13.2 Å². The van der Waals surface area contributed by atoms with E-state index in [0.717, 1.165) is 18.0 Å². The molecule has 0 aliphatic rings. The molecule has 30 heavy (non-hydrogen) atoms. The summed E-state index contributed by atoms with van der Waals surface area (Å²) in [6.45, 7) is 1.91. The fourth-order valence-electron chi connectivity index (χ4n) is 2.86. The van der Waals surface area contributed by atoms with E-state index in [2.05, 4.69) is 30.2 Å². The first-order valence-electron chi connectivity index (χ1n) is 8.78. The summed E-state index contributed by atoms with van der Waals surface area (Å²) in [4.78, 5) is 20.7. The molecule has 4 aromatic rings. The Morgan fingerprint density at radius 3 is 2.40 bits per heavy atom. The normalized spacial score (nSPS) is 11.5. The molecular formula is C20H15F3N6O. The first-order valence-corrected chi connectivity index (χ1v) is 8.78. The molecule has 0 amide bonds. The van der Waals surface area contributed by atoms with Crippen molar-refractivity contribution in [2.24, 2.45) is 0 Å². The molecule has 10 heteroatoms. The third kappa shape index (κ3) is 3.84. The van der Waals surface area contributed by atoms with Crippen LogP contribution in [0.2, 0.25) is 0 Å². The summed E-state index contributed by atoms with van der Waals surface area (Å²) in [5.74, 6) is 0.686. The van der Waals surface area contributed by atoms with Gasteiger partial charge in [-0.05, 0) is 36.8 Å². The van der Waals surface area contributed by atoms with E-state index < -0.39 is 11.7 Å². The quantitative estimate of drug-likeness (QED) is 0.526. The summed E-state index contributed by atoms with van der Waals surface area (Å²) >= 11 is 0. The molecule has 0 aliphatic heterocycles. The van der Waals surface area contributed by atoms with Gasteiger partial charge in [0.25, 0.3) is 0 Å². The standard InChI is InChI=1S/C20H15F3N6O/c1-11-7-13(30-2)10-25-17(11)16-4-3-14-15(5-6-24-18(14)28-16)29-19-26-8-12(9-27-19)20(21,22)23/h3-10H,1-2H3,(H,24,26,27,28,29). The number of hydrogen-bond donors (Lipinski definition) is 1. The molecule has 1 N–H and O–H groups in total. The zero-order chi connectivity index (χ0) is 21.3. The lowest BCUT2D eigenvalue weighted by Gasteiger charge is -2.11. The van der Waals surface area contributed by atoms with Gasteiger partial charge in [-0.1, -0.05) is 0 Å². The zero-order valence-corrected chi connectivity index (χ0v) is 15.9. The van der Waals surface area contributed by atoms with Gasteiger partial charge in [-0.3, -0.25) is 4.98 Å². The van der Waals surface area contributed by atoms with Gasteiger partial charge < -0.3 is 10.1 Å². The van der Waals surface area contributed by atoms with Crippen LogP contribution in [-0.4, -0.2) is 32.0 Å². The van der Waals surface area contributed by atoms with E-state index in [0.29, 0.717) is 33.9 Å². The third-order valence-corrected chi connectivity index (χ3v) is 4.36. The molecule has 0 spiro atoms. The minimum atomic E-state index is -4.49. The maximum atomic E-state index is 12.7. The van der Waals surface area contributed by atoms with Crippen molar-refractivity contribution in [3.63, 3.8) is 0 Å². The van der Waals surface area contributed by atoms with Crippen LogP contribution in [0.4, 0.5) is 24.8 Å². The van der Waals surface area contributed by atoms with Crippen molar-refractivity contribution in [1.82, 2.24) is 24.9 Å². The van der Waals surface area contributed by atoms with Crippen LogP contribution < -0.4 is 10.1 Å². The molecule has 4 rings (SSSR count). The van der Waals surface area contributed by atoms with Crippen molar-refractivity contribution in [3.05, 3.63) is 60.2 Å². The lowest BCUT2D eigenvalue weighted by Crippen LogP contribution is -2.07. The van der Waals surface area contributed by atoms with Gasteiger partial charge >= 0.3 is 6.18 Å². The van der Waals surface area contributed by atoms with Gasteiger partial charge in [-0.25, -0.2) is 19.9 Å². The van der Waals surface area contributed by atoms with Crippen LogP contribution in [0.3, 0.4) is 0 Å². The second-order valence-corrected chi connectivity index (χ2v) is 6.38. The largest absolute Gasteiger partial charge is 0.495 e. The summed E-state index contributed by atoms with van der Waals surface area (Å²) < 4.78 is 43.2. The van der Waals surface area contributed by atoms with E-state index in [1.54, 1.807) is 31.6 Å². The maximum Gasteiger partial charge on any atom is 0.419 e. The number of aryl methyl sites for hydroxylation is 1. The Kier molecular flexibility index (Phi) is 4.90. The van der Waals surface area contributed by atoms with Crippen LogP contribution in [-0.2, 0) is 6.18 Å². The molecule has 4 heterocycles. The highest BCUT2D eigenvalue weighted by Gasteiger charge is 2.31. The first-order chi connectivity index (χ1) is 14.3. The smallest absolute Gasteiger partial charge is 0.419 e. The fourth-order valence-corrected chi connectivity index (χ4v) is 2.86. The minimum Gasteiger partial charge on any atom is -0.495 e. The highest BCUT2D eigenvalue weighted by atomic mass is 19.4. The van der Waals surface area contributed by atoms with Gasteiger partial charge in [0.15, 0.2) is 5.65 Å². The second-order valence-electron chi connectivity index (χ2n) is 6.38. The van der Waals surface area contributed by atoms with E-state index in [4.69, 9.17) is 4.74 Å². The number of fused-ring (bicyclic) bond motifs is 1. The van der Waals surface area contributed by atoms with Crippen molar-refractivity contribution in [3.8, 4) is 17.1 Å². The van der Waals surface area contributed by atoms with Gasteiger partial charge in [0.1, 0.15) is 5.75 Å². The van der Waals surface area contributed by atoms with Gasteiger partial charge in [0.2, 0.25) is 5.95 Å². The molecular weight excluding hydrogens is 397 g/mol. The Morgan fingerprint density at radius 2 is 1.73 bits per heavy atom. The summed E-state index contributed by atoms with van der Waals surface area (Å²) in [5.41, 5.74) is 2.33. The average Bonchev–Trinajstić information content (AvgIpc) is 2.73. The third-order valence-electron chi connectivity index (χ3n) is 4.36. The predicted molar refractivity (Wildman–Crippen MR) is 104 cm³/mol. The zero-order valence-electron chi connectivity index (χ0n) is 15.9. The number of methoxy groups -OCH3 is 1. The first kappa shape index (κ1) is 19.5.